The standard InChI is InChI=1S/C16H23N3O3/c1-11(2)6-7-16(3,21)10-17-15(20)13-9-12(18-19-13)14-5-4-8-22-14/h4-5,8-9,11,21H,6-7,10H2,1-3H3,(H,17,20)(H,18,19). The fraction of sp³-hybridized carbons (Fsp3) is 0.500. The number of H-pyrrole nitrogens is 1. The van der Waals surface area contributed by atoms with Gasteiger partial charge in [0.05, 0.1) is 11.9 Å². The van der Waals surface area contributed by atoms with Gasteiger partial charge in [-0.05, 0) is 37.8 Å². The number of hydrogen-bond donors (Lipinski definition) is 3. The number of rotatable bonds is 7. The first-order valence-corrected chi connectivity index (χ1v) is 7.47. The maximum Gasteiger partial charge on any atom is 0.271 e. The van der Waals surface area contributed by atoms with Crippen LogP contribution in [0.25, 0.3) is 11.5 Å². The average molecular weight is 305 g/mol. The minimum atomic E-state index is -0.917. The molecule has 0 aliphatic carbocycles. The van der Waals surface area contributed by atoms with Gasteiger partial charge in [0.15, 0.2) is 11.5 Å². The Morgan fingerprint density at radius 2 is 2.32 bits per heavy atom. The monoisotopic (exact) mass is 305 g/mol. The van der Waals surface area contributed by atoms with E-state index in [2.05, 4.69) is 29.4 Å². The van der Waals surface area contributed by atoms with Crippen LogP contribution in [0.15, 0.2) is 28.9 Å². The lowest BCUT2D eigenvalue weighted by molar-refractivity contribution is 0.0428. The number of aromatic nitrogens is 2. The molecule has 6 heteroatoms. The van der Waals surface area contributed by atoms with Gasteiger partial charge in [-0.1, -0.05) is 13.8 Å². The number of nitrogens with one attached hydrogen (secondary N) is 2. The zero-order valence-electron chi connectivity index (χ0n) is 13.2. The Hall–Kier alpha value is -2.08. The van der Waals surface area contributed by atoms with Gasteiger partial charge in [-0.3, -0.25) is 9.89 Å². The summed E-state index contributed by atoms with van der Waals surface area (Å²) in [6, 6.07) is 5.17. The van der Waals surface area contributed by atoms with Crippen LogP contribution in [0.1, 0.15) is 44.1 Å². The van der Waals surface area contributed by atoms with Crippen LogP contribution < -0.4 is 5.32 Å². The van der Waals surface area contributed by atoms with Crippen molar-refractivity contribution in [3.8, 4) is 11.5 Å². The highest BCUT2D eigenvalue weighted by molar-refractivity contribution is 5.93. The van der Waals surface area contributed by atoms with Crippen molar-refractivity contribution < 1.29 is 14.3 Å². The lowest BCUT2D eigenvalue weighted by atomic mass is 9.95. The number of carbonyl (C=O) groups excluding carboxylic acids is 1. The third kappa shape index (κ3) is 4.46. The van der Waals surface area contributed by atoms with E-state index in [1.807, 2.05) is 0 Å². The van der Waals surface area contributed by atoms with E-state index in [9.17, 15) is 9.90 Å². The minimum Gasteiger partial charge on any atom is -0.463 e. The zero-order valence-corrected chi connectivity index (χ0v) is 13.2. The van der Waals surface area contributed by atoms with Crippen LogP contribution in [-0.2, 0) is 0 Å². The molecule has 2 rings (SSSR count). The molecule has 0 aliphatic heterocycles. The van der Waals surface area contributed by atoms with Gasteiger partial charge in [-0.2, -0.15) is 5.10 Å². The van der Waals surface area contributed by atoms with Gasteiger partial charge >= 0.3 is 0 Å². The molecular weight excluding hydrogens is 282 g/mol. The highest BCUT2D eigenvalue weighted by atomic mass is 16.3. The van der Waals surface area contributed by atoms with Crippen LogP contribution in [0, 0.1) is 5.92 Å². The van der Waals surface area contributed by atoms with E-state index in [-0.39, 0.29) is 18.1 Å². The predicted molar refractivity (Wildman–Crippen MR) is 83.3 cm³/mol. The van der Waals surface area contributed by atoms with E-state index in [4.69, 9.17) is 4.42 Å². The number of nitrogens with zero attached hydrogens (tertiary/aromatic N) is 1. The molecule has 0 saturated carbocycles. The molecule has 0 radical (unpaired) electrons. The van der Waals surface area contributed by atoms with E-state index < -0.39 is 5.60 Å². The van der Waals surface area contributed by atoms with Crippen LogP contribution in [0.3, 0.4) is 0 Å². The van der Waals surface area contributed by atoms with Crippen molar-refractivity contribution in [2.75, 3.05) is 6.54 Å². The van der Waals surface area contributed by atoms with Gasteiger partial charge in [0.2, 0.25) is 0 Å². The predicted octanol–water partition coefficient (Wildman–Crippen LogP) is 2.59. The van der Waals surface area contributed by atoms with E-state index in [0.717, 1.165) is 6.42 Å². The van der Waals surface area contributed by atoms with Crippen LogP contribution in [0.5, 0.6) is 0 Å². The molecule has 0 saturated heterocycles. The molecule has 22 heavy (non-hydrogen) atoms. The quantitative estimate of drug-likeness (QED) is 0.733. The van der Waals surface area contributed by atoms with Crippen LogP contribution in [0.4, 0.5) is 0 Å². The van der Waals surface area contributed by atoms with E-state index in [1.165, 1.54) is 0 Å². The second-order valence-corrected chi connectivity index (χ2v) is 6.26. The van der Waals surface area contributed by atoms with Gasteiger partial charge in [-0.25, -0.2) is 0 Å². The molecule has 6 nitrogen and oxygen atoms in total. The fourth-order valence-electron chi connectivity index (χ4n) is 2.05. The Bertz CT molecular complexity index is 600. The summed E-state index contributed by atoms with van der Waals surface area (Å²) in [7, 11) is 0. The van der Waals surface area contributed by atoms with Gasteiger partial charge < -0.3 is 14.8 Å². The number of amides is 1. The molecule has 1 unspecified atom stereocenters. The molecule has 0 spiro atoms. The number of furan rings is 1. The zero-order chi connectivity index (χ0) is 16.2. The molecule has 1 amide bonds. The third-order valence-corrected chi connectivity index (χ3v) is 3.49. The first-order chi connectivity index (χ1) is 10.4. The number of carbonyl (C=O) groups is 1. The number of hydrogen-bond acceptors (Lipinski definition) is 4. The van der Waals surface area contributed by atoms with Crippen LogP contribution in [0.2, 0.25) is 0 Å². The summed E-state index contributed by atoms with van der Waals surface area (Å²) < 4.78 is 5.24. The highest BCUT2D eigenvalue weighted by Crippen LogP contribution is 2.18. The van der Waals surface area contributed by atoms with Crippen molar-refractivity contribution in [3.63, 3.8) is 0 Å². The Labute approximate surface area is 129 Å². The molecule has 0 fully saturated rings. The maximum atomic E-state index is 12.1. The molecule has 0 aromatic carbocycles. The van der Waals surface area contributed by atoms with Gasteiger partial charge in [-0.15, -0.1) is 0 Å². The van der Waals surface area contributed by atoms with Crippen molar-refractivity contribution in [1.82, 2.24) is 15.5 Å². The summed E-state index contributed by atoms with van der Waals surface area (Å²) in [5.41, 5.74) is -0.00661. The molecule has 3 N–H and O–H groups in total. The first-order valence-electron chi connectivity index (χ1n) is 7.47. The summed E-state index contributed by atoms with van der Waals surface area (Å²) >= 11 is 0. The molecule has 2 heterocycles. The second-order valence-electron chi connectivity index (χ2n) is 6.26. The van der Waals surface area contributed by atoms with E-state index in [0.29, 0.717) is 23.8 Å². The molecule has 2 aromatic heterocycles. The molecule has 1 atom stereocenters. The molecule has 0 bridgehead atoms. The Kier molecular flexibility index (Phi) is 5.03. The van der Waals surface area contributed by atoms with Gasteiger partial charge in [0, 0.05) is 12.6 Å². The topological polar surface area (TPSA) is 91.1 Å². The highest BCUT2D eigenvalue weighted by Gasteiger charge is 2.22. The maximum absolute atomic E-state index is 12.1. The van der Waals surface area contributed by atoms with Crippen LogP contribution >= 0.6 is 0 Å². The Morgan fingerprint density at radius 3 is 2.95 bits per heavy atom. The second kappa shape index (κ2) is 6.79. The smallest absolute Gasteiger partial charge is 0.271 e. The average Bonchev–Trinajstić information content (AvgIpc) is 3.12. The van der Waals surface area contributed by atoms with Crippen molar-refractivity contribution in [3.05, 3.63) is 30.2 Å². The number of aromatic amines is 1. The van der Waals surface area contributed by atoms with Gasteiger partial charge in [0.1, 0.15) is 5.69 Å². The molecule has 120 valence electrons. The summed E-state index contributed by atoms with van der Waals surface area (Å²) in [6.07, 6.45) is 3.11. The normalized spacial score (nSPS) is 14.0. The lowest BCUT2D eigenvalue weighted by Gasteiger charge is -2.24. The molecule has 0 aliphatic rings. The van der Waals surface area contributed by atoms with Crippen molar-refractivity contribution in [2.45, 2.75) is 39.2 Å². The van der Waals surface area contributed by atoms with Gasteiger partial charge in [0.25, 0.3) is 5.91 Å². The van der Waals surface area contributed by atoms with Crippen molar-refractivity contribution >= 4 is 5.91 Å². The summed E-state index contributed by atoms with van der Waals surface area (Å²) in [6.45, 7) is 6.14. The number of aliphatic hydroxyl groups is 1. The minimum absolute atomic E-state index is 0.196. The first kappa shape index (κ1) is 16.3. The lowest BCUT2D eigenvalue weighted by Crippen LogP contribution is -2.40. The van der Waals surface area contributed by atoms with Crippen molar-refractivity contribution in [2.24, 2.45) is 5.92 Å². The van der Waals surface area contributed by atoms with E-state index >= 15 is 0 Å². The molecular formula is C16H23N3O3. The summed E-state index contributed by atoms with van der Waals surface area (Å²) in [5.74, 6) is 0.818. The molecule has 2 aromatic rings. The summed E-state index contributed by atoms with van der Waals surface area (Å²) in [4.78, 5) is 12.1. The van der Waals surface area contributed by atoms with Crippen LogP contribution in [-0.4, -0.2) is 33.4 Å². The summed E-state index contributed by atoms with van der Waals surface area (Å²) in [5, 5.41) is 19.7. The Morgan fingerprint density at radius 1 is 1.55 bits per heavy atom. The third-order valence-electron chi connectivity index (χ3n) is 3.49. The SMILES string of the molecule is CC(C)CCC(C)(O)CNC(=O)c1cc(-c2ccco2)[nH]n1. The Balaban J connectivity index is 1.90. The fourth-order valence-corrected chi connectivity index (χ4v) is 2.05. The largest absolute Gasteiger partial charge is 0.463 e. The van der Waals surface area contributed by atoms with Crippen molar-refractivity contribution in [1.29, 1.82) is 0 Å². The van der Waals surface area contributed by atoms with E-state index in [1.54, 1.807) is 31.4 Å².